The Bertz CT molecular complexity index is 780. The molecule has 0 aliphatic carbocycles. The lowest BCUT2D eigenvalue weighted by Crippen LogP contribution is -2.22. The zero-order valence-corrected chi connectivity index (χ0v) is 15.2. The van der Waals surface area contributed by atoms with Gasteiger partial charge < -0.3 is 19.7 Å². The van der Waals surface area contributed by atoms with Gasteiger partial charge in [-0.25, -0.2) is 0 Å². The number of nitrogens with zero attached hydrogens (tertiary/aromatic N) is 1. The number of hydrogen-bond donors (Lipinski definition) is 1. The predicted octanol–water partition coefficient (Wildman–Crippen LogP) is 3.59. The molecule has 1 amide bonds. The Labute approximate surface area is 154 Å². The fourth-order valence-corrected chi connectivity index (χ4v) is 2.85. The first-order valence-corrected chi connectivity index (χ1v) is 8.89. The second kappa shape index (κ2) is 8.43. The van der Waals surface area contributed by atoms with Crippen molar-refractivity contribution in [1.29, 1.82) is 0 Å². The molecule has 3 rings (SSSR count). The average Bonchev–Trinajstić information content (AvgIpc) is 3.14. The molecule has 5 nitrogen and oxygen atoms in total. The summed E-state index contributed by atoms with van der Waals surface area (Å²) in [5, 5.41) is 2.90. The van der Waals surface area contributed by atoms with Gasteiger partial charge in [0.1, 0.15) is 0 Å². The van der Waals surface area contributed by atoms with E-state index in [1.165, 1.54) is 11.8 Å². The van der Waals surface area contributed by atoms with Gasteiger partial charge in [-0.3, -0.25) is 4.79 Å². The van der Waals surface area contributed by atoms with Crippen LogP contribution in [0.4, 0.5) is 5.69 Å². The van der Waals surface area contributed by atoms with Crippen LogP contribution in [0, 0.1) is 0 Å². The molecule has 1 aliphatic rings. The molecule has 26 heavy (non-hydrogen) atoms. The lowest BCUT2D eigenvalue weighted by atomic mass is 10.1. The van der Waals surface area contributed by atoms with E-state index in [2.05, 4.69) is 48.3 Å². The zero-order valence-electron chi connectivity index (χ0n) is 15.2. The van der Waals surface area contributed by atoms with Crippen LogP contribution in [0.25, 0.3) is 6.08 Å². The number of amides is 1. The molecule has 0 radical (unpaired) electrons. The highest BCUT2D eigenvalue weighted by Gasteiger charge is 2.12. The average molecular weight is 352 g/mol. The number of rotatable bonds is 7. The van der Waals surface area contributed by atoms with Gasteiger partial charge in [0.15, 0.2) is 11.5 Å². The molecule has 0 saturated carbocycles. The molecule has 136 valence electrons. The van der Waals surface area contributed by atoms with E-state index in [1.807, 2.05) is 18.2 Å². The molecule has 0 bridgehead atoms. The van der Waals surface area contributed by atoms with Crippen molar-refractivity contribution in [3.8, 4) is 11.5 Å². The van der Waals surface area contributed by atoms with Crippen molar-refractivity contribution in [2.45, 2.75) is 20.4 Å². The molecule has 1 aliphatic heterocycles. The Kier molecular flexibility index (Phi) is 5.79. The Hall–Kier alpha value is -2.95. The quantitative estimate of drug-likeness (QED) is 0.774. The van der Waals surface area contributed by atoms with E-state index in [0.29, 0.717) is 12.3 Å². The number of ether oxygens (including phenoxy) is 2. The van der Waals surface area contributed by atoms with Crippen molar-refractivity contribution in [2.75, 3.05) is 24.8 Å². The van der Waals surface area contributed by atoms with Crippen LogP contribution in [0.1, 0.15) is 25.0 Å². The fourth-order valence-electron chi connectivity index (χ4n) is 2.85. The number of anilines is 1. The van der Waals surface area contributed by atoms with Gasteiger partial charge in [-0.2, -0.15) is 0 Å². The first kappa shape index (κ1) is 17.9. The van der Waals surface area contributed by atoms with Crippen LogP contribution < -0.4 is 19.7 Å². The van der Waals surface area contributed by atoms with Crippen molar-refractivity contribution in [3.63, 3.8) is 0 Å². The van der Waals surface area contributed by atoms with Crippen molar-refractivity contribution in [2.24, 2.45) is 0 Å². The summed E-state index contributed by atoms with van der Waals surface area (Å²) in [6.45, 7) is 7.00. The van der Waals surface area contributed by atoms with E-state index in [-0.39, 0.29) is 12.7 Å². The molecular weight excluding hydrogens is 328 g/mol. The van der Waals surface area contributed by atoms with Crippen molar-refractivity contribution in [1.82, 2.24) is 5.32 Å². The van der Waals surface area contributed by atoms with E-state index >= 15 is 0 Å². The van der Waals surface area contributed by atoms with Crippen LogP contribution in [0.5, 0.6) is 11.5 Å². The van der Waals surface area contributed by atoms with Gasteiger partial charge >= 0.3 is 0 Å². The van der Waals surface area contributed by atoms with E-state index in [9.17, 15) is 4.79 Å². The molecule has 0 unspecified atom stereocenters. The summed E-state index contributed by atoms with van der Waals surface area (Å²) in [6.07, 6.45) is 3.29. The highest BCUT2D eigenvalue weighted by molar-refractivity contribution is 5.91. The number of benzene rings is 2. The lowest BCUT2D eigenvalue weighted by molar-refractivity contribution is -0.116. The largest absolute Gasteiger partial charge is 0.454 e. The first-order valence-electron chi connectivity index (χ1n) is 8.89. The smallest absolute Gasteiger partial charge is 0.244 e. The fraction of sp³-hybridized carbons (Fsp3) is 0.286. The number of fused-ring (bicyclic) bond motifs is 1. The van der Waals surface area contributed by atoms with Crippen LogP contribution in [0.3, 0.4) is 0 Å². The third-order valence-electron chi connectivity index (χ3n) is 4.36. The maximum absolute atomic E-state index is 12.0. The van der Waals surface area contributed by atoms with Gasteiger partial charge in [0.25, 0.3) is 0 Å². The third kappa shape index (κ3) is 4.36. The molecule has 0 spiro atoms. The van der Waals surface area contributed by atoms with E-state index in [0.717, 1.165) is 30.0 Å². The second-order valence-corrected chi connectivity index (χ2v) is 6.00. The molecule has 5 heteroatoms. The van der Waals surface area contributed by atoms with Crippen molar-refractivity contribution in [3.05, 3.63) is 59.7 Å². The molecule has 0 saturated heterocycles. The standard InChI is InChI=1S/C21H24N2O3/c1-3-23(4-2)18-9-5-17(6-10-18)14-22-21(24)12-8-16-7-11-19-20(13-16)26-15-25-19/h5-13H,3-4,14-15H2,1-2H3,(H,22,24)/b12-8+. The van der Waals surface area contributed by atoms with E-state index < -0.39 is 0 Å². The Morgan fingerprint density at radius 3 is 2.54 bits per heavy atom. The summed E-state index contributed by atoms with van der Waals surface area (Å²) in [5.74, 6) is 1.32. The van der Waals surface area contributed by atoms with E-state index in [1.54, 1.807) is 6.08 Å². The second-order valence-electron chi connectivity index (χ2n) is 6.00. The van der Waals surface area contributed by atoms with Crippen LogP contribution in [0.2, 0.25) is 0 Å². The number of nitrogens with one attached hydrogen (secondary N) is 1. The van der Waals surface area contributed by atoms with Crippen LogP contribution in [-0.2, 0) is 11.3 Å². The summed E-state index contributed by atoms with van der Waals surface area (Å²) in [5.41, 5.74) is 3.17. The van der Waals surface area contributed by atoms with Gasteiger partial charge in [-0.1, -0.05) is 18.2 Å². The highest BCUT2D eigenvalue weighted by Crippen LogP contribution is 2.32. The van der Waals surface area contributed by atoms with Gasteiger partial charge in [0, 0.05) is 31.4 Å². The summed E-state index contributed by atoms with van der Waals surface area (Å²) >= 11 is 0. The number of carbonyl (C=O) groups is 1. The number of carbonyl (C=O) groups excluding carboxylic acids is 1. The molecule has 0 aromatic heterocycles. The first-order chi connectivity index (χ1) is 12.7. The minimum Gasteiger partial charge on any atom is -0.454 e. The Balaban J connectivity index is 1.52. The normalized spacial score (nSPS) is 12.4. The predicted molar refractivity (Wildman–Crippen MR) is 103 cm³/mol. The molecule has 1 heterocycles. The molecule has 0 fully saturated rings. The third-order valence-corrected chi connectivity index (χ3v) is 4.36. The highest BCUT2D eigenvalue weighted by atomic mass is 16.7. The zero-order chi connectivity index (χ0) is 18.4. The van der Waals surface area contributed by atoms with Crippen LogP contribution >= 0.6 is 0 Å². The van der Waals surface area contributed by atoms with Crippen molar-refractivity contribution >= 4 is 17.7 Å². The summed E-state index contributed by atoms with van der Waals surface area (Å²) < 4.78 is 10.6. The van der Waals surface area contributed by atoms with Gasteiger partial charge in [0.05, 0.1) is 0 Å². The maximum atomic E-state index is 12.0. The van der Waals surface area contributed by atoms with Gasteiger partial charge in [0.2, 0.25) is 12.7 Å². The summed E-state index contributed by atoms with van der Waals surface area (Å²) in [4.78, 5) is 14.3. The molecule has 2 aromatic rings. The Morgan fingerprint density at radius 1 is 1.08 bits per heavy atom. The minimum atomic E-state index is -0.129. The molecule has 1 N–H and O–H groups in total. The van der Waals surface area contributed by atoms with Crippen molar-refractivity contribution < 1.29 is 14.3 Å². The van der Waals surface area contributed by atoms with Gasteiger partial charge in [-0.15, -0.1) is 0 Å². The molecule has 2 aromatic carbocycles. The Morgan fingerprint density at radius 2 is 1.81 bits per heavy atom. The minimum absolute atomic E-state index is 0.129. The lowest BCUT2D eigenvalue weighted by Gasteiger charge is -2.21. The summed E-state index contributed by atoms with van der Waals surface area (Å²) in [7, 11) is 0. The van der Waals surface area contributed by atoms with Gasteiger partial charge in [-0.05, 0) is 55.3 Å². The maximum Gasteiger partial charge on any atom is 0.244 e. The summed E-state index contributed by atoms with van der Waals surface area (Å²) in [6, 6.07) is 13.9. The monoisotopic (exact) mass is 352 g/mol. The SMILES string of the molecule is CCN(CC)c1ccc(CNC(=O)/C=C/c2ccc3c(c2)OCO3)cc1. The molecule has 0 atom stereocenters. The van der Waals surface area contributed by atoms with E-state index in [4.69, 9.17) is 9.47 Å². The van der Waals surface area contributed by atoms with Crippen LogP contribution in [0.15, 0.2) is 48.5 Å². The van der Waals surface area contributed by atoms with Crippen LogP contribution in [-0.4, -0.2) is 25.8 Å². The molecular formula is C21H24N2O3. The topological polar surface area (TPSA) is 50.8 Å². The number of hydrogen-bond acceptors (Lipinski definition) is 4.